The highest BCUT2D eigenvalue weighted by molar-refractivity contribution is 8.03. The maximum absolute atomic E-state index is 4.12. The number of allylic oxidation sites excluding steroid dienone is 2. The first-order valence-corrected chi connectivity index (χ1v) is 5.39. The molecule has 1 aliphatic heterocycles. The summed E-state index contributed by atoms with van der Waals surface area (Å²) in [6.45, 7) is 4.12. The Morgan fingerprint density at radius 2 is 1.91 bits per heavy atom. The smallest absolute Gasteiger partial charge is 0.00901 e. The molecule has 2 rings (SSSR count). The van der Waals surface area contributed by atoms with Crippen LogP contribution >= 0.6 is 11.8 Å². The van der Waals surface area contributed by atoms with Gasteiger partial charge in [0.25, 0.3) is 0 Å². The molecule has 0 saturated carbocycles. The summed E-state index contributed by atoms with van der Waals surface area (Å²) in [5, 5.41) is 0. The summed E-state index contributed by atoms with van der Waals surface area (Å²) in [4.78, 5) is 1.57. The van der Waals surface area contributed by atoms with E-state index in [0.717, 1.165) is 0 Å². The van der Waals surface area contributed by atoms with Gasteiger partial charge in [-0.2, -0.15) is 0 Å². The molecule has 0 aromatic carbocycles. The highest BCUT2D eigenvalue weighted by Gasteiger charge is 2.18. The molecule has 0 radical (unpaired) electrons. The summed E-state index contributed by atoms with van der Waals surface area (Å²) in [5.74, 6) is 1.32. The second-order valence-corrected chi connectivity index (χ2v) is 4.45. The van der Waals surface area contributed by atoms with Crippen LogP contribution in [0.5, 0.6) is 0 Å². The molecule has 0 unspecified atom stereocenters. The quantitative estimate of drug-likeness (QED) is 0.530. The van der Waals surface area contributed by atoms with Gasteiger partial charge in [0.15, 0.2) is 0 Å². The minimum atomic E-state index is 1.24. The molecule has 0 nitrogen and oxygen atoms in total. The molecule has 60 valence electrons. The molecular weight excluding hydrogens is 152 g/mol. The second kappa shape index (κ2) is 3.06. The third kappa shape index (κ3) is 1.39. The first kappa shape index (κ1) is 7.48. The van der Waals surface area contributed by atoms with Crippen molar-refractivity contribution in [3.05, 3.63) is 22.6 Å². The van der Waals surface area contributed by atoms with Crippen molar-refractivity contribution in [1.82, 2.24) is 0 Å². The largest absolute Gasteiger partial charge is 0.126 e. The maximum atomic E-state index is 4.12. The Hall–Kier alpha value is -0.170. The summed E-state index contributed by atoms with van der Waals surface area (Å²) < 4.78 is 0. The molecule has 11 heavy (non-hydrogen) atoms. The van der Waals surface area contributed by atoms with Crippen LogP contribution in [0, 0.1) is 0 Å². The molecule has 0 saturated heterocycles. The first-order chi connectivity index (χ1) is 5.38. The van der Waals surface area contributed by atoms with Crippen molar-refractivity contribution in [3.63, 3.8) is 0 Å². The fraction of sp³-hybridized carbons (Fsp3) is 0.600. The van der Waals surface area contributed by atoms with Crippen molar-refractivity contribution in [3.8, 4) is 0 Å². The highest BCUT2D eigenvalue weighted by atomic mass is 32.2. The summed E-state index contributed by atoms with van der Waals surface area (Å²) in [6, 6.07) is 0. The fourth-order valence-corrected chi connectivity index (χ4v) is 3.10. The van der Waals surface area contributed by atoms with Crippen molar-refractivity contribution in [1.29, 1.82) is 0 Å². The molecule has 1 aliphatic carbocycles. The van der Waals surface area contributed by atoms with Gasteiger partial charge in [0, 0.05) is 4.91 Å². The van der Waals surface area contributed by atoms with Gasteiger partial charge in [-0.3, -0.25) is 0 Å². The van der Waals surface area contributed by atoms with E-state index in [-0.39, 0.29) is 0 Å². The molecule has 0 bridgehead atoms. The topological polar surface area (TPSA) is 0 Å². The Balaban J connectivity index is 2.27. The lowest BCUT2D eigenvalue weighted by molar-refractivity contribution is 0.724. The molecular formula is C10H14S. The Kier molecular flexibility index (Phi) is 2.08. The Bertz CT molecular complexity index is 209. The molecule has 1 heteroatoms. The highest BCUT2D eigenvalue weighted by Crippen LogP contribution is 2.41. The monoisotopic (exact) mass is 166 g/mol. The average molecular weight is 166 g/mol. The lowest BCUT2D eigenvalue weighted by atomic mass is 9.93. The zero-order valence-corrected chi connectivity index (χ0v) is 7.67. The molecule has 1 heterocycles. The van der Waals surface area contributed by atoms with E-state index in [4.69, 9.17) is 0 Å². The van der Waals surface area contributed by atoms with Gasteiger partial charge in [-0.05, 0) is 43.4 Å². The van der Waals surface area contributed by atoms with Crippen molar-refractivity contribution in [2.24, 2.45) is 0 Å². The number of thioether (sulfide) groups is 1. The SMILES string of the molecule is C=C1CCCC2=C1SCCC2. The van der Waals surface area contributed by atoms with E-state index in [1.807, 2.05) is 11.8 Å². The molecule has 0 fully saturated rings. The predicted octanol–water partition coefficient (Wildman–Crippen LogP) is 3.51. The lowest BCUT2D eigenvalue weighted by Crippen LogP contribution is -2.05. The third-order valence-electron chi connectivity index (χ3n) is 2.47. The van der Waals surface area contributed by atoms with Crippen LogP contribution in [0.4, 0.5) is 0 Å². The van der Waals surface area contributed by atoms with Crippen LogP contribution in [0.2, 0.25) is 0 Å². The van der Waals surface area contributed by atoms with E-state index < -0.39 is 0 Å². The maximum Gasteiger partial charge on any atom is 0.00901 e. The molecule has 0 spiro atoms. The molecule has 2 aliphatic rings. The molecule has 0 amide bonds. The second-order valence-electron chi connectivity index (χ2n) is 3.34. The van der Waals surface area contributed by atoms with Gasteiger partial charge < -0.3 is 0 Å². The first-order valence-electron chi connectivity index (χ1n) is 4.41. The third-order valence-corrected chi connectivity index (χ3v) is 3.83. The minimum absolute atomic E-state index is 1.24. The van der Waals surface area contributed by atoms with Crippen LogP contribution in [0.1, 0.15) is 32.1 Å². The summed E-state index contributed by atoms with van der Waals surface area (Å²) in [7, 11) is 0. The van der Waals surface area contributed by atoms with Crippen LogP contribution in [-0.4, -0.2) is 5.75 Å². The molecule has 0 aromatic rings. The summed E-state index contributed by atoms with van der Waals surface area (Å²) in [5.41, 5.74) is 3.12. The molecule has 0 aromatic heterocycles. The van der Waals surface area contributed by atoms with Crippen LogP contribution in [0.25, 0.3) is 0 Å². The van der Waals surface area contributed by atoms with E-state index in [0.29, 0.717) is 0 Å². The van der Waals surface area contributed by atoms with Crippen LogP contribution in [-0.2, 0) is 0 Å². The minimum Gasteiger partial charge on any atom is -0.126 e. The Morgan fingerprint density at radius 3 is 2.73 bits per heavy atom. The van der Waals surface area contributed by atoms with Gasteiger partial charge in [-0.25, -0.2) is 0 Å². The van der Waals surface area contributed by atoms with Gasteiger partial charge in [-0.1, -0.05) is 12.2 Å². The van der Waals surface area contributed by atoms with Crippen LogP contribution < -0.4 is 0 Å². The van der Waals surface area contributed by atoms with E-state index in [1.165, 1.54) is 43.4 Å². The average Bonchev–Trinajstić information content (AvgIpc) is 2.06. The van der Waals surface area contributed by atoms with Gasteiger partial charge >= 0.3 is 0 Å². The number of hydrogen-bond acceptors (Lipinski definition) is 1. The molecule has 0 N–H and O–H groups in total. The normalized spacial score (nSPS) is 25.3. The zero-order chi connectivity index (χ0) is 7.68. The van der Waals surface area contributed by atoms with Gasteiger partial charge in [0.05, 0.1) is 0 Å². The molecule has 0 atom stereocenters. The number of hydrogen-bond donors (Lipinski definition) is 0. The van der Waals surface area contributed by atoms with E-state index in [1.54, 1.807) is 10.5 Å². The standard InChI is InChI=1S/C10H14S/c1-8-4-2-5-9-6-3-7-11-10(8)9/h1-7H2. The van der Waals surface area contributed by atoms with E-state index >= 15 is 0 Å². The summed E-state index contributed by atoms with van der Waals surface area (Å²) >= 11 is 2.04. The van der Waals surface area contributed by atoms with Gasteiger partial charge in [-0.15, -0.1) is 11.8 Å². The fourth-order valence-electron chi connectivity index (χ4n) is 1.89. The van der Waals surface area contributed by atoms with Crippen molar-refractivity contribution >= 4 is 11.8 Å². The van der Waals surface area contributed by atoms with E-state index in [2.05, 4.69) is 6.58 Å². The number of rotatable bonds is 0. The Labute approximate surface area is 72.8 Å². The predicted molar refractivity (Wildman–Crippen MR) is 51.7 cm³/mol. The summed E-state index contributed by atoms with van der Waals surface area (Å²) in [6.07, 6.45) is 6.67. The van der Waals surface area contributed by atoms with Gasteiger partial charge in [0.2, 0.25) is 0 Å². The van der Waals surface area contributed by atoms with Crippen LogP contribution in [0.15, 0.2) is 22.6 Å². The Morgan fingerprint density at radius 1 is 1.09 bits per heavy atom. The van der Waals surface area contributed by atoms with Gasteiger partial charge in [0.1, 0.15) is 0 Å². The van der Waals surface area contributed by atoms with Crippen molar-refractivity contribution in [2.45, 2.75) is 32.1 Å². The zero-order valence-electron chi connectivity index (χ0n) is 6.86. The lowest BCUT2D eigenvalue weighted by Gasteiger charge is -2.25. The van der Waals surface area contributed by atoms with Crippen molar-refractivity contribution < 1.29 is 0 Å². The van der Waals surface area contributed by atoms with Crippen molar-refractivity contribution in [2.75, 3.05) is 5.75 Å². The van der Waals surface area contributed by atoms with Crippen LogP contribution in [0.3, 0.4) is 0 Å². The van der Waals surface area contributed by atoms with E-state index in [9.17, 15) is 0 Å².